The van der Waals surface area contributed by atoms with Crippen molar-refractivity contribution in [3.8, 4) is 17.0 Å². The summed E-state index contributed by atoms with van der Waals surface area (Å²) >= 11 is 6.21. The minimum Gasteiger partial charge on any atom is -0.435 e. The molecule has 4 aromatic rings. The van der Waals surface area contributed by atoms with E-state index in [-0.39, 0.29) is 17.3 Å². The Balaban J connectivity index is 1.43. The minimum absolute atomic E-state index is 0.0352. The van der Waals surface area contributed by atoms with Crippen LogP contribution in [0.2, 0.25) is 5.02 Å². The van der Waals surface area contributed by atoms with Crippen LogP contribution in [0.25, 0.3) is 11.3 Å². The van der Waals surface area contributed by atoms with Crippen LogP contribution in [0.3, 0.4) is 0 Å². The number of anilines is 1. The van der Waals surface area contributed by atoms with Gasteiger partial charge in [-0.2, -0.15) is 19.0 Å². The Morgan fingerprint density at radius 3 is 2.61 bits per heavy atom. The Labute approximate surface area is 180 Å². The average Bonchev–Trinajstić information content (AvgIpc) is 3.36. The lowest BCUT2D eigenvalue weighted by atomic mass is 10.1. The second kappa shape index (κ2) is 8.97. The van der Waals surface area contributed by atoms with Crippen LogP contribution in [0.5, 0.6) is 5.75 Å². The third-order valence-corrected chi connectivity index (χ3v) is 4.61. The summed E-state index contributed by atoms with van der Waals surface area (Å²) in [5.74, 6) is -0.205. The number of hydrogen-bond acceptors (Lipinski definition) is 4. The molecule has 0 bridgehead atoms. The number of halogens is 3. The second-order valence-electron chi connectivity index (χ2n) is 6.53. The summed E-state index contributed by atoms with van der Waals surface area (Å²) in [7, 11) is 0. The number of aromatic amines is 1. The van der Waals surface area contributed by atoms with Crippen LogP contribution in [0.1, 0.15) is 16.1 Å². The topological polar surface area (TPSA) is 84.8 Å². The first-order valence-corrected chi connectivity index (χ1v) is 9.54. The smallest absolute Gasteiger partial charge is 0.387 e. The summed E-state index contributed by atoms with van der Waals surface area (Å²) in [6.07, 6.45) is 1.63. The second-order valence-corrected chi connectivity index (χ2v) is 6.94. The van der Waals surface area contributed by atoms with Crippen molar-refractivity contribution in [1.82, 2.24) is 20.0 Å². The first kappa shape index (κ1) is 20.5. The molecule has 2 aromatic carbocycles. The standard InChI is InChI=1S/C21H16ClF2N5O2/c22-16-12-29(11-13-4-2-1-3-5-13)28-19(16)25-20(30)18-10-17(26-27-18)14-6-8-15(9-7-14)31-21(23)24/h1-10,12,21H,11H2,(H,26,27)(H,25,28,30). The molecule has 0 radical (unpaired) electrons. The summed E-state index contributed by atoms with van der Waals surface area (Å²) in [5.41, 5.74) is 2.33. The lowest BCUT2D eigenvalue weighted by Gasteiger charge is -2.04. The van der Waals surface area contributed by atoms with Crippen LogP contribution in [-0.2, 0) is 6.54 Å². The Morgan fingerprint density at radius 2 is 1.90 bits per heavy atom. The van der Waals surface area contributed by atoms with Crippen LogP contribution < -0.4 is 10.1 Å². The Hall–Kier alpha value is -3.72. The summed E-state index contributed by atoms with van der Waals surface area (Å²) < 4.78 is 30.5. The number of ether oxygens (including phenoxy) is 1. The van der Waals surface area contributed by atoms with Gasteiger partial charge in [-0.1, -0.05) is 41.9 Å². The Kier molecular flexibility index (Phi) is 5.94. The largest absolute Gasteiger partial charge is 0.435 e. The van der Waals surface area contributed by atoms with Crippen LogP contribution >= 0.6 is 11.6 Å². The van der Waals surface area contributed by atoms with Crippen molar-refractivity contribution in [2.75, 3.05) is 5.32 Å². The van der Waals surface area contributed by atoms with Gasteiger partial charge in [0.15, 0.2) is 5.82 Å². The van der Waals surface area contributed by atoms with Gasteiger partial charge in [-0.05, 0) is 35.9 Å². The number of amides is 1. The van der Waals surface area contributed by atoms with Gasteiger partial charge in [0.1, 0.15) is 16.5 Å². The molecule has 158 valence electrons. The van der Waals surface area contributed by atoms with Crippen molar-refractivity contribution in [3.05, 3.63) is 83.1 Å². The maximum atomic E-state index is 12.6. The van der Waals surface area contributed by atoms with E-state index in [1.54, 1.807) is 23.0 Å². The molecular weight excluding hydrogens is 428 g/mol. The van der Waals surface area contributed by atoms with Crippen molar-refractivity contribution in [3.63, 3.8) is 0 Å². The quantitative estimate of drug-likeness (QED) is 0.428. The number of alkyl halides is 2. The number of nitrogens with zero attached hydrogens (tertiary/aromatic N) is 3. The fraction of sp³-hybridized carbons (Fsp3) is 0.0952. The van der Waals surface area contributed by atoms with Gasteiger partial charge in [0.25, 0.3) is 5.91 Å². The molecule has 2 N–H and O–H groups in total. The molecule has 0 saturated heterocycles. The zero-order chi connectivity index (χ0) is 21.8. The van der Waals surface area contributed by atoms with Gasteiger partial charge in [-0.25, -0.2) is 0 Å². The van der Waals surface area contributed by atoms with Crippen molar-refractivity contribution >= 4 is 23.3 Å². The maximum absolute atomic E-state index is 12.6. The number of nitrogens with one attached hydrogen (secondary N) is 2. The number of carbonyl (C=O) groups is 1. The number of hydrogen-bond donors (Lipinski definition) is 2. The highest BCUT2D eigenvalue weighted by Crippen LogP contribution is 2.24. The highest BCUT2D eigenvalue weighted by Gasteiger charge is 2.16. The van der Waals surface area contributed by atoms with Crippen molar-refractivity contribution in [2.24, 2.45) is 0 Å². The van der Waals surface area contributed by atoms with E-state index in [0.29, 0.717) is 22.8 Å². The van der Waals surface area contributed by atoms with Crippen LogP contribution in [0.4, 0.5) is 14.6 Å². The van der Waals surface area contributed by atoms with Gasteiger partial charge >= 0.3 is 6.61 Å². The highest BCUT2D eigenvalue weighted by molar-refractivity contribution is 6.33. The number of benzene rings is 2. The molecule has 2 aromatic heterocycles. The molecule has 0 atom stereocenters. The molecule has 0 aliphatic rings. The van der Waals surface area contributed by atoms with E-state index in [1.165, 1.54) is 18.2 Å². The van der Waals surface area contributed by atoms with E-state index in [9.17, 15) is 13.6 Å². The lowest BCUT2D eigenvalue weighted by molar-refractivity contribution is -0.0498. The predicted octanol–water partition coefficient (Wildman–Crippen LogP) is 4.83. The molecule has 0 unspecified atom stereocenters. The van der Waals surface area contributed by atoms with Crippen molar-refractivity contribution < 1.29 is 18.3 Å². The van der Waals surface area contributed by atoms with E-state index in [1.807, 2.05) is 30.3 Å². The summed E-state index contributed by atoms with van der Waals surface area (Å²) in [4.78, 5) is 12.6. The summed E-state index contributed by atoms with van der Waals surface area (Å²) in [5, 5.41) is 14.0. The van der Waals surface area contributed by atoms with Gasteiger partial charge in [-0.3, -0.25) is 14.6 Å². The predicted molar refractivity (Wildman–Crippen MR) is 111 cm³/mol. The monoisotopic (exact) mass is 443 g/mol. The zero-order valence-corrected chi connectivity index (χ0v) is 16.7. The van der Waals surface area contributed by atoms with Crippen LogP contribution in [0.15, 0.2) is 66.9 Å². The average molecular weight is 444 g/mol. The third-order valence-electron chi connectivity index (χ3n) is 4.33. The van der Waals surface area contributed by atoms with E-state index in [0.717, 1.165) is 5.56 Å². The van der Waals surface area contributed by atoms with Crippen LogP contribution in [-0.4, -0.2) is 32.5 Å². The normalized spacial score (nSPS) is 11.0. The first-order chi connectivity index (χ1) is 15.0. The summed E-state index contributed by atoms with van der Waals surface area (Å²) in [6, 6.07) is 17.2. The highest BCUT2D eigenvalue weighted by atomic mass is 35.5. The van der Waals surface area contributed by atoms with E-state index >= 15 is 0 Å². The van der Waals surface area contributed by atoms with Gasteiger partial charge in [0.05, 0.1) is 12.2 Å². The molecule has 0 aliphatic carbocycles. The molecule has 0 spiro atoms. The van der Waals surface area contributed by atoms with Gasteiger partial charge in [0, 0.05) is 11.8 Å². The van der Waals surface area contributed by atoms with E-state index in [2.05, 4.69) is 25.3 Å². The molecule has 31 heavy (non-hydrogen) atoms. The molecule has 0 aliphatic heterocycles. The number of carbonyl (C=O) groups excluding carboxylic acids is 1. The van der Waals surface area contributed by atoms with Crippen LogP contribution in [0, 0.1) is 0 Å². The number of rotatable bonds is 7. The Bertz CT molecular complexity index is 1180. The fourth-order valence-electron chi connectivity index (χ4n) is 2.90. The van der Waals surface area contributed by atoms with E-state index in [4.69, 9.17) is 11.6 Å². The van der Waals surface area contributed by atoms with Gasteiger partial charge < -0.3 is 10.1 Å². The molecule has 2 heterocycles. The molecule has 7 nitrogen and oxygen atoms in total. The molecule has 10 heteroatoms. The molecule has 0 saturated carbocycles. The van der Waals surface area contributed by atoms with Crippen molar-refractivity contribution in [1.29, 1.82) is 0 Å². The molecule has 1 amide bonds. The number of H-pyrrole nitrogens is 1. The molecular formula is C21H16ClF2N5O2. The summed E-state index contributed by atoms with van der Waals surface area (Å²) in [6.45, 7) is -2.38. The molecule has 0 fully saturated rings. The van der Waals surface area contributed by atoms with Crippen molar-refractivity contribution in [2.45, 2.75) is 13.2 Å². The first-order valence-electron chi connectivity index (χ1n) is 9.17. The van der Waals surface area contributed by atoms with E-state index < -0.39 is 12.5 Å². The third kappa shape index (κ3) is 5.07. The SMILES string of the molecule is O=C(Nc1nn(Cc2ccccc2)cc1Cl)c1cc(-c2ccc(OC(F)F)cc2)n[nH]1. The fourth-order valence-corrected chi connectivity index (χ4v) is 3.10. The Morgan fingerprint density at radius 1 is 1.16 bits per heavy atom. The van der Waals surface area contributed by atoms with Gasteiger partial charge in [-0.15, -0.1) is 0 Å². The lowest BCUT2D eigenvalue weighted by Crippen LogP contribution is -2.13. The minimum atomic E-state index is -2.89. The zero-order valence-electron chi connectivity index (χ0n) is 15.9. The number of aromatic nitrogens is 4. The molecule has 4 rings (SSSR count). The maximum Gasteiger partial charge on any atom is 0.387 e. The van der Waals surface area contributed by atoms with Gasteiger partial charge in [0.2, 0.25) is 0 Å².